The van der Waals surface area contributed by atoms with Crippen molar-refractivity contribution in [3.05, 3.63) is 36.0 Å². The number of aromatic nitrogens is 1. The molecule has 3 amide bonds. The van der Waals surface area contributed by atoms with Crippen LogP contribution in [-0.2, 0) is 30.4 Å². The fraction of sp³-hybridized carbons (Fsp3) is 0.481. The van der Waals surface area contributed by atoms with Crippen molar-refractivity contribution in [2.24, 2.45) is 28.1 Å². The van der Waals surface area contributed by atoms with Gasteiger partial charge >= 0.3 is 11.9 Å². The molecule has 0 fully saturated rings. The van der Waals surface area contributed by atoms with E-state index in [1.54, 1.807) is 6.20 Å². The summed E-state index contributed by atoms with van der Waals surface area (Å²) >= 11 is 0. The maximum absolute atomic E-state index is 13.3. The molecular formula is C27H40N8O7. The van der Waals surface area contributed by atoms with Gasteiger partial charge in [0, 0.05) is 30.1 Å². The van der Waals surface area contributed by atoms with Crippen LogP contribution in [0, 0.1) is 5.92 Å². The third kappa shape index (κ3) is 10.7. The number of aliphatic imine (C=N–C) groups is 1. The first kappa shape index (κ1) is 33.5. The van der Waals surface area contributed by atoms with E-state index in [1.165, 1.54) is 0 Å². The Morgan fingerprint density at radius 3 is 2.17 bits per heavy atom. The van der Waals surface area contributed by atoms with Crippen LogP contribution >= 0.6 is 0 Å². The van der Waals surface area contributed by atoms with Crippen molar-refractivity contribution in [3.63, 3.8) is 0 Å². The molecule has 12 N–H and O–H groups in total. The number of carboxylic acids is 2. The van der Waals surface area contributed by atoms with Gasteiger partial charge in [-0.2, -0.15) is 0 Å². The summed E-state index contributed by atoms with van der Waals surface area (Å²) in [7, 11) is 0. The Labute approximate surface area is 242 Å². The number of H-pyrrole nitrogens is 1. The molecule has 42 heavy (non-hydrogen) atoms. The molecule has 0 aliphatic carbocycles. The van der Waals surface area contributed by atoms with E-state index in [0.717, 1.165) is 10.9 Å². The van der Waals surface area contributed by atoms with Gasteiger partial charge in [0.25, 0.3) is 0 Å². The predicted octanol–water partition coefficient (Wildman–Crippen LogP) is -0.849. The van der Waals surface area contributed by atoms with Gasteiger partial charge in [0.05, 0.1) is 12.5 Å². The number of hydrogen-bond donors (Lipinski definition) is 9. The third-order valence-electron chi connectivity index (χ3n) is 6.36. The number of rotatable bonds is 17. The molecule has 0 saturated carbocycles. The number of guanidine groups is 1. The van der Waals surface area contributed by atoms with Crippen LogP contribution in [0.1, 0.15) is 45.1 Å². The molecule has 0 aliphatic rings. The van der Waals surface area contributed by atoms with Crippen LogP contribution in [0.3, 0.4) is 0 Å². The Morgan fingerprint density at radius 1 is 0.929 bits per heavy atom. The second-order valence-electron chi connectivity index (χ2n) is 10.4. The summed E-state index contributed by atoms with van der Waals surface area (Å²) in [5.41, 5.74) is 17.8. The molecular weight excluding hydrogens is 548 g/mol. The molecule has 0 spiro atoms. The monoisotopic (exact) mass is 588 g/mol. The van der Waals surface area contributed by atoms with Crippen molar-refractivity contribution >= 4 is 46.5 Å². The van der Waals surface area contributed by atoms with E-state index >= 15 is 0 Å². The number of nitrogens with one attached hydrogen (secondary N) is 4. The van der Waals surface area contributed by atoms with Crippen molar-refractivity contribution in [2.45, 2.75) is 70.1 Å². The van der Waals surface area contributed by atoms with E-state index in [4.69, 9.17) is 22.3 Å². The maximum atomic E-state index is 13.3. The number of nitrogens with zero attached hydrogens (tertiary/aromatic N) is 1. The minimum absolute atomic E-state index is 0.00162. The first-order valence-corrected chi connectivity index (χ1v) is 13.5. The number of aliphatic carboxylic acids is 2. The zero-order valence-corrected chi connectivity index (χ0v) is 23.6. The predicted molar refractivity (Wildman–Crippen MR) is 155 cm³/mol. The lowest BCUT2D eigenvalue weighted by atomic mass is 10.0. The van der Waals surface area contributed by atoms with Gasteiger partial charge in [-0.25, -0.2) is 4.79 Å². The minimum Gasteiger partial charge on any atom is -0.481 e. The Bertz CT molecular complexity index is 1290. The molecule has 0 saturated heterocycles. The number of carbonyl (C=O) groups excluding carboxylic acids is 3. The van der Waals surface area contributed by atoms with Crippen molar-refractivity contribution in [1.82, 2.24) is 20.9 Å². The second-order valence-corrected chi connectivity index (χ2v) is 10.4. The highest BCUT2D eigenvalue weighted by Gasteiger charge is 2.31. The quantitative estimate of drug-likeness (QED) is 0.0627. The molecule has 0 aliphatic heterocycles. The van der Waals surface area contributed by atoms with Gasteiger partial charge in [-0.3, -0.25) is 24.2 Å². The zero-order valence-electron chi connectivity index (χ0n) is 23.6. The average molecular weight is 589 g/mol. The van der Waals surface area contributed by atoms with Gasteiger partial charge in [-0.15, -0.1) is 0 Å². The first-order chi connectivity index (χ1) is 19.8. The summed E-state index contributed by atoms with van der Waals surface area (Å²) in [4.78, 5) is 69.1. The summed E-state index contributed by atoms with van der Waals surface area (Å²) in [5.74, 6) is -5.08. The van der Waals surface area contributed by atoms with Crippen LogP contribution in [0.15, 0.2) is 35.5 Å². The molecule has 0 bridgehead atoms. The largest absolute Gasteiger partial charge is 0.481 e. The Morgan fingerprint density at radius 2 is 1.55 bits per heavy atom. The number of carbonyl (C=O) groups is 5. The molecule has 2 rings (SSSR count). The van der Waals surface area contributed by atoms with E-state index in [0.29, 0.717) is 5.56 Å². The molecule has 2 aromatic rings. The fourth-order valence-corrected chi connectivity index (χ4v) is 4.30. The standard InChI is InChI=1S/C27H40N8O7/c1-14(2)10-20(25(40)35-21(26(41)42)11-15-13-32-18-7-4-3-6-16(15)18)34-24(39)19(8-5-9-31-27(29)30)33-23(38)17(28)12-22(36)37/h3-4,6-7,13-14,17,19-21,32H,5,8-12,28H2,1-2H3,(H,33,38)(H,34,39)(H,35,40)(H,36,37)(H,41,42)(H4,29,30,31). The van der Waals surface area contributed by atoms with E-state index in [-0.39, 0.29) is 44.1 Å². The van der Waals surface area contributed by atoms with Gasteiger partial charge in [-0.05, 0) is 36.8 Å². The van der Waals surface area contributed by atoms with Crippen LogP contribution < -0.4 is 33.2 Å². The number of nitrogens with two attached hydrogens (primary N) is 3. The lowest BCUT2D eigenvalue weighted by molar-refractivity contribution is -0.142. The smallest absolute Gasteiger partial charge is 0.326 e. The Hall–Kier alpha value is -4.66. The highest BCUT2D eigenvalue weighted by atomic mass is 16.4. The topological polar surface area (TPSA) is 268 Å². The van der Waals surface area contributed by atoms with E-state index in [2.05, 4.69) is 25.9 Å². The normalized spacial score (nSPS) is 13.9. The van der Waals surface area contributed by atoms with Crippen molar-refractivity contribution in [2.75, 3.05) is 6.54 Å². The highest BCUT2D eigenvalue weighted by molar-refractivity contribution is 5.95. The summed E-state index contributed by atoms with van der Waals surface area (Å²) in [5, 5.41) is 27.2. The van der Waals surface area contributed by atoms with E-state index in [1.807, 2.05) is 38.1 Å². The molecule has 1 heterocycles. The van der Waals surface area contributed by atoms with E-state index in [9.17, 15) is 29.1 Å². The molecule has 0 radical (unpaired) electrons. The fourth-order valence-electron chi connectivity index (χ4n) is 4.30. The number of aromatic amines is 1. The summed E-state index contributed by atoms with van der Waals surface area (Å²) in [6.07, 6.45) is 1.51. The molecule has 230 valence electrons. The van der Waals surface area contributed by atoms with Crippen LogP contribution in [0.5, 0.6) is 0 Å². The van der Waals surface area contributed by atoms with Crippen LogP contribution in [0.25, 0.3) is 10.9 Å². The lowest BCUT2D eigenvalue weighted by Crippen LogP contribution is -2.57. The van der Waals surface area contributed by atoms with Crippen molar-refractivity contribution in [1.29, 1.82) is 0 Å². The molecule has 1 aromatic heterocycles. The maximum Gasteiger partial charge on any atom is 0.326 e. The third-order valence-corrected chi connectivity index (χ3v) is 6.36. The number of carboxylic acid groups (broad SMARTS) is 2. The van der Waals surface area contributed by atoms with E-state index < -0.39 is 60.2 Å². The van der Waals surface area contributed by atoms with Crippen molar-refractivity contribution < 1.29 is 34.2 Å². The van der Waals surface area contributed by atoms with Crippen LogP contribution in [0.2, 0.25) is 0 Å². The van der Waals surface area contributed by atoms with Gasteiger partial charge in [0.15, 0.2) is 5.96 Å². The van der Waals surface area contributed by atoms with Crippen molar-refractivity contribution in [3.8, 4) is 0 Å². The highest BCUT2D eigenvalue weighted by Crippen LogP contribution is 2.19. The van der Waals surface area contributed by atoms with Gasteiger partial charge in [0.1, 0.15) is 18.1 Å². The number of amides is 3. The zero-order chi connectivity index (χ0) is 31.4. The number of hydrogen-bond acceptors (Lipinski definition) is 7. The van der Waals surface area contributed by atoms with Gasteiger partial charge in [-0.1, -0.05) is 32.0 Å². The number of para-hydroxylation sites is 1. The number of fused-ring (bicyclic) bond motifs is 1. The average Bonchev–Trinajstić information content (AvgIpc) is 3.31. The molecule has 1 aromatic carbocycles. The Balaban J connectivity index is 2.20. The summed E-state index contributed by atoms with van der Waals surface area (Å²) in [6.45, 7) is 3.80. The first-order valence-electron chi connectivity index (χ1n) is 13.5. The number of benzene rings is 1. The minimum atomic E-state index is -1.41. The molecule has 15 heteroatoms. The Kier molecular flexibility index (Phi) is 12.7. The van der Waals surface area contributed by atoms with Crippen LogP contribution in [-0.4, -0.2) is 81.5 Å². The lowest BCUT2D eigenvalue weighted by Gasteiger charge is -2.26. The molecule has 4 unspecified atom stereocenters. The van der Waals surface area contributed by atoms with Crippen LogP contribution in [0.4, 0.5) is 0 Å². The molecule has 4 atom stereocenters. The van der Waals surface area contributed by atoms with Gasteiger partial charge < -0.3 is 48.3 Å². The summed E-state index contributed by atoms with van der Waals surface area (Å²) in [6, 6.07) is 2.33. The second kappa shape index (κ2) is 16.0. The SMILES string of the molecule is CC(C)CC(NC(=O)C(CCCN=C(N)N)NC(=O)C(N)CC(=O)O)C(=O)NC(Cc1c[nH]c2ccccc12)C(=O)O. The summed E-state index contributed by atoms with van der Waals surface area (Å²) < 4.78 is 0. The van der Waals surface area contributed by atoms with Gasteiger partial charge in [0.2, 0.25) is 17.7 Å². The molecule has 15 nitrogen and oxygen atoms in total.